The predicted molar refractivity (Wildman–Crippen MR) is 128 cm³/mol. The van der Waals surface area contributed by atoms with E-state index in [0.29, 0.717) is 27.5 Å². The molecule has 0 saturated heterocycles. The van der Waals surface area contributed by atoms with Gasteiger partial charge in [-0.3, -0.25) is 9.36 Å². The van der Waals surface area contributed by atoms with E-state index in [1.807, 2.05) is 24.3 Å². The zero-order valence-electron chi connectivity index (χ0n) is 17.5. The molecule has 0 N–H and O–H groups in total. The van der Waals surface area contributed by atoms with Gasteiger partial charge in [0.1, 0.15) is 5.75 Å². The first kappa shape index (κ1) is 22.5. The minimum atomic E-state index is -3.73. The number of hydrogen-bond donors (Lipinski definition) is 0. The number of nitrogens with zero attached hydrogens (tertiary/aromatic N) is 2. The number of rotatable bonds is 7. The lowest BCUT2D eigenvalue weighted by Gasteiger charge is -2.17. The van der Waals surface area contributed by atoms with Crippen LogP contribution in [0, 0.1) is 0 Å². The van der Waals surface area contributed by atoms with Crippen molar-refractivity contribution in [2.75, 3.05) is 14.2 Å². The number of fused-ring (bicyclic) bond motifs is 1. The molecule has 1 heterocycles. The molecule has 32 heavy (non-hydrogen) atoms. The second-order valence-electron chi connectivity index (χ2n) is 7.32. The van der Waals surface area contributed by atoms with E-state index < -0.39 is 10.0 Å². The summed E-state index contributed by atoms with van der Waals surface area (Å²) in [4.78, 5) is 12.6. The zero-order valence-corrected chi connectivity index (χ0v) is 19.9. The van der Waals surface area contributed by atoms with Crippen molar-refractivity contribution in [1.82, 2.24) is 8.87 Å². The molecule has 0 spiro atoms. The lowest BCUT2D eigenvalue weighted by atomic mass is 10.2. The monoisotopic (exact) mass is 488 g/mol. The number of benzene rings is 3. The second kappa shape index (κ2) is 9.07. The summed E-state index contributed by atoms with van der Waals surface area (Å²) in [5.41, 5.74) is 2.48. The third kappa shape index (κ3) is 4.59. The Morgan fingerprint density at radius 1 is 1.00 bits per heavy atom. The SMILES string of the molecule is COc1ccc(CN(C)S(=O)(=O)c2ccc3c(c2)sc(=O)n3Cc2ccc(Cl)cc2)cc1. The van der Waals surface area contributed by atoms with Gasteiger partial charge in [-0.25, -0.2) is 8.42 Å². The van der Waals surface area contributed by atoms with Crippen molar-refractivity contribution in [3.05, 3.63) is 92.5 Å². The quantitative estimate of drug-likeness (QED) is 0.381. The minimum absolute atomic E-state index is 0.143. The van der Waals surface area contributed by atoms with E-state index in [1.54, 1.807) is 54.1 Å². The van der Waals surface area contributed by atoms with Crippen molar-refractivity contribution in [3.63, 3.8) is 0 Å². The molecular formula is C23H21ClN2O4S2. The van der Waals surface area contributed by atoms with E-state index >= 15 is 0 Å². The Morgan fingerprint density at radius 3 is 2.31 bits per heavy atom. The summed E-state index contributed by atoms with van der Waals surface area (Å²) in [5, 5.41) is 0.630. The molecule has 0 unspecified atom stereocenters. The third-order valence-electron chi connectivity index (χ3n) is 5.17. The van der Waals surface area contributed by atoms with Crippen molar-refractivity contribution in [3.8, 4) is 5.75 Å². The van der Waals surface area contributed by atoms with E-state index in [9.17, 15) is 13.2 Å². The normalized spacial score (nSPS) is 11.9. The lowest BCUT2D eigenvalue weighted by Crippen LogP contribution is -2.26. The van der Waals surface area contributed by atoms with Crippen molar-refractivity contribution < 1.29 is 13.2 Å². The van der Waals surface area contributed by atoms with Crippen LogP contribution in [0.3, 0.4) is 0 Å². The summed E-state index contributed by atoms with van der Waals surface area (Å²) in [6.07, 6.45) is 0. The van der Waals surface area contributed by atoms with E-state index in [1.165, 1.54) is 11.4 Å². The first-order valence-corrected chi connectivity index (χ1v) is 12.4. The number of methoxy groups -OCH3 is 1. The van der Waals surface area contributed by atoms with Gasteiger partial charge >= 0.3 is 4.87 Å². The van der Waals surface area contributed by atoms with Gasteiger partial charge < -0.3 is 4.74 Å². The first-order chi connectivity index (χ1) is 15.3. The van der Waals surface area contributed by atoms with Gasteiger partial charge in [0.05, 0.1) is 28.8 Å². The topological polar surface area (TPSA) is 68.6 Å². The van der Waals surface area contributed by atoms with Gasteiger partial charge in [-0.15, -0.1) is 0 Å². The molecule has 166 valence electrons. The molecule has 0 atom stereocenters. The molecule has 0 fully saturated rings. The number of hydrogen-bond acceptors (Lipinski definition) is 5. The Kier molecular flexibility index (Phi) is 6.39. The Labute approximate surface area is 195 Å². The van der Waals surface area contributed by atoms with E-state index in [0.717, 1.165) is 22.5 Å². The van der Waals surface area contributed by atoms with Gasteiger partial charge in [-0.1, -0.05) is 47.2 Å². The molecule has 0 aliphatic carbocycles. The summed E-state index contributed by atoms with van der Waals surface area (Å²) in [5.74, 6) is 0.711. The largest absolute Gasteiger partial charge is 0.497 e. The van der Waals surface area contributed by atoms with Crippen molar-refractivity contribution in [1.29, 1.82) is 0 Å². The maximum atomic E-state index is 13.1. The Bertz CT molecular complexity index is 1410. The van der Waals surface area contributed by atoms with E-state index in [-0.39, 0.29) is 16.3 Å². The molecule has 0 bridgehead atoms. The highest BCUT2D eigenvalue weighted by Crippen LogP contribution is 2.25. The Hall–Kier alpha value is -2.65. The highest BCUT2D eigenvalue weighted by Gasteiger charge is 2.22. The minimum Gasteiger partial charge on any atom is -0.497 e. The molecule has 0 aliphatic heterocycles. The maximum Gasteiger partial charge on any atom is 0.308 e. The van der Waals surface area contributed by atoms with Crippen LogP contribution in [0.25, 0.3) is 10.2 Å². The molecule has 4 rings (SSSR count). The molecule has 0 saturated carbocycles. The molecule has 0 radical (unpaired) electrons. The highest BCUT2D eigenvalue weighted by molar-refractivity contribution is 7.89. The molecule has 3 aromatic carbocycles. The number of aromatic nitrogens is 1. The molecule has 0 amide bonds. The van der Waals surface area contributed by atoms with E-state index in [2.05, 4.69) is 0 Å². The van der Waals surface area contributed by atoms with E-state index in [4.69, 9.17) is 16.3 Å². The molecule has 9 heteroatoms. The smallest absolute Gasteiger partial charge is 0.308 e. The molecule has 1 aromatic heterocycles. The highest BCUT2D eigenvalue weighted by atomic mass is 35.5. The second-order valence-corrected chi connectivity index (χ2v) is 10.8. The summed E-state index contributed by atoms with van der Waals surface area (Å²) in [6.45, 7) is 0.609. The summed E-state index contributed by atoms with van der Waals surface area (Å²) in [7, 11) is -0.607. The van der Waals surface area contributed by atoms with Crippen LogP contribution in [0.2, 0.25) is 5.02 Å². The standard InChI is InChI=1S/C23H21ClN2O4S2/c1-25(14-16-5-9-19(30-2)10-6-16)32(28,29)20-11-12-21-22(13-20)31-23(27)26(21)15-17-3-7-18(24)8-4-17/h3-13H,14-15H2,1-2H3. The van der Waals surface area contributed by atoms with Crippen LogP contribution < -0.4 is 9.61 Å². The van der Waals surface area contributed by atoms with Crippen LogP contribution in [-0.2, 0) is 23.1 Å². The fraction of sp³-hybridized carbons (Fsp3) is 0.174. The van der Waals surface area contributed by atoms with Gasteiger partial charge in [0, 0.05) is 18.6 Å². The molecule has 6 nitrogen and oxygen atoms in total. The number of thiazole rings is 1. The van der Waals surface area contributed by atoms with Gasteiger partial charge in [0.15, 0.2) is 0 Å². The average molecular weight is 489 g/mol. The van der Waals surface area contributed by atoms with Crippen LogP contribution in [-0.4, -0.2) is 31.4 Å². The van der Waals surface area contributed by atoms with Crippen LogP contribution in [0.1, 0.15) is 11.1 Å². The van der Waals surface area contributed by atoms with Gasteiger partial charge in [-0.05, 0) is 53.6 Å². The third-order valence-corrected chi connectivity index (χ3v) is 8.16. The first-order valence-electron chi connectivity index (χ1n) is 9.75. The number of ether oxygens (including phenoxy) is 1. The maximum absolute atomic E-state index is 13.1. The fourth-order valence-electron chi connectivity index (χ4n) is 3.38. The Morgan fingerprint density at radius 2 is 1.66 bits per heavy atom. The fourth-order valence-corrected chi connectivity index (χ4v) is 5.70. The van der Waals surface area contributed by atoms with Crippen LogP contribution in [0.15, 0.2) is 76.4 Å². The number of halogens is 1. The van der Waals surface area contributed by atoms with Crippen molar-refractivity contribution in [2.45, 2.75) is 18.0 Å². The molecule has 4 aromatic rings. The van der Waals surface area contributed by atoms with Gasteiger partial charge in [0.2, 0.25) is 10.0 Å². The van der Waals surface area contributed by atoms with Gasteiger partial charge in [0.25, 0.3) is 0 Å². The zero-order chi connectivity index (χ0) is 22.9. The average Bonchev–Trinajstić information content (AvgIpc) is 3.10. The van der Waals surface area contributed by atoms with Crippen LogP contribution in [0.4, 0.5) is 0 Å². The molecular weight excluding hydrogens is 468 g/mol. The summed E-state index contributed by atoms with van der Waals surface area (Å²) in [6, 6.07) is 19.3. The summed E-state index contributed by atoms with van der Waals surface area (Å²) >= 11 is 6.97. The van der Waals surface area contributed by atoms with Crippen molar-refractivity contribution in [2.24, 2.45) is 0 Å². The molecule has 0 aliphatic rings. The van der Waals surface area contributed by atoms with Crippen LogP contribution in [0.5, 0.6) is 5.75 Å². The number of sulfonamides is 1. The predicted octanol–water partition coefficient (Wildman–Crippen LogP) is 4.59. The van der Waals surface area contributed by atoms with Crippen molar-refractivity contribution >= 4 is 43.2 Å². The summed E-state index contributed by atoms with van der Waals surface area (Å²) < 4.78 is 35.0. The van der Waals surface area contributed by atoms with Crippen LogP contribution >= 0.6 is 22.9 Å². The Balaban J connectivity index is 1.61. The van der Waals surface area contributed by atoms with Gasteiger partial charge in [-0.2, -0.15) is 4.31 Å². The lowest BCUT2D eigenvalue weighted by molar-refractivity contribution is 0.414.